The van der Waals surface area contributed by atoms with Gasteiger partial charge in [-0.25, -0.2) is 9.98 Å². The maximum Gasteiger partial charge on any atom is 0.185 e. The second-order valence-corrected chi connectivity index (χ2v) is 6.79. The Balaban J connectivity index is 2.09. The molecule has 0 bridgehead atoms. The summed E-state index contributed by atoms with van der Waals surface area (Å²) in [5.41, 5.74) is 8.11. The minimum absolute atomic E-state index is 0.0117. The lowest BCUT2D eigenvalue weighted by Crippen LogP contribution is -2.05. The Kier molecular flexibility index (Phi) is 4.92. The molecule has 0 radical (unpaired) electrons. The molecule has 0 saturated heterocycles. The predicted molar refractivity (Wildman–Crippen MR) is 97.0 cm³/mol. The Bertz CT molecular complexity index is 796. The van der Waals surface area contributed by atoms with E-state index < -0.39 is 0 Å². The average molecular weight is 344 g/mol. The number of rotatable bonds is 3. The molecule has 3 rings (SSSR count). The third-order valence-corrected chi connectivity index (χ3v) is 4.65. The minimum Gasteiger partial charge on any atom is -0.492 e. The topological polar surface area (TPSA) is 93.1 Å². The van der Waals surface area contributed by atoms with Gasteiger partial charge < -0.3 is 15.6 Å². The third-order valence-electron chi connectivity index (χ3n) is 3.54. The van der Waals surface area contributed by atoms with Crippen molar-refractivity contribution in [3.05, 3.63) is 33.6 Å². The molecule has 0 saturated carbocycles. The molecule has 2 heterocycles. The summed E-state index contributed by atoms with van der Waals surface area (Å²) >= 11 is 1.57. The first-order chi connectivity index (χ1) is 11.6. The number of aliphatic imine (C=N–C) groups is 2. The smallest absolute Gasteiger partial charge is 0.185 e. The zero-order valence-corrected chi connectivity index (χ0v) is 14.5. The summed E-state index contributed by atoms with van der Waals surface area (Å²) in [5, 5.41) is 10.1. The number of nitrogens with zero attached hydrogens (tertiary/aromatic N) is 3. The van der Waals surface area contributed by atoms with Crippen LogP contribution in [0, 0.1) is 0 Å². The van der Waals surface area contributed by atoms with E-state index in [1.165, 1.54) is 6.34 Å². The highest BCUT2D eigenvalue weighted by Gasteiger charge is 2.22. The van der Waals surface area contributed by atoms with Crippen LogP contribution in [0.4, 0.5) is 0 Å². The van der Waals surface area contributed by atoms with Crippen LogP contribution in [-0.4, -0.2) is 34.9 Å². The molecule has 2 aromatic rings. The van der Waals surface area contributed by atoms with Crippen LogP contribution in [0.3, 0.4) is 0 Å². The first kappa shape index (κ1) is 16.6. The molecule has 6 nitrogen and oxygen atoms in total. The zero-order chi connectivity index (χ0) is 17.1. The Morgan fingerprint density at radius 2 is 2.33 bits per heavy atom. The Labute approximate surface area is 144 Å². The Hall–Kier alpha value is -2.25. The largest absolute Gasteiger partial charge is 0.492 e. The van der Waals surface area contributed by atoms with Gasteiger partial charge >= 0.3 is 0 Å². The monoisotopic (exact) mass is 344 g/mol. The van der Waals surface area contributed by atoms with Crippen molar-refractivity contribution in [1.82, 2.24) is 4.98 Å². The highest BCUT2D eigenvalue weighted by molar-refractivity contribution is 7.14. The number of aliphatic hydroxyl groups excluding tert-OH is 1. The summed E-state index contributed by atoms with van der Waals surface area (Å²) in [6, 6.07) is 5.80. The van der Waals surface area contributed by atoms with Crippen LogP contribution in [0.25, 0.3) is 11.3 Å². The van der Waals surface area contributed by atoms with Gasteiger partial charge in [0.05, 0.1) is 25.2 Å². The lowest BCUT2D eigenvalue weighted by molar-refractivity contribution is 0.279. The summed E-state index contributed by atoms with van der Waals surface area (Å²) in [5.74, 6) is 1.31. The molecule has 126 valence electrons. The predicted octanol–water partition coefficient (Wildman–Crippen LogP) is 2.38. The van der Waals surface area contributed by atoms with Crippen molar-refractivity contribution in [2.75, 3.05) is 6.61 Å². The number of nitrogens with two attached hydrogens (primary N) is 1. The minimum atomic E-state index is -0.0117. The number of aliphatic hydroxyl groups is 1. The summed E-state index contributed by atoms with van der Waals surface area (Å²) in [4.78, 5) is 14.6. The second-order valence-electron chi connectivity index (χ2n) is 5.70. The van der Waals surface area contributed by atoms with E-state index in [0.717, 1.165) is 38.9 Å². The molecule has 3 N–H and O–H groups in total. The van der Waals surface area contributed by atoms with E-state index >= 15 is 0 Å². The van der Waals surface area contributed by atoms with Gasteiger partial charge in [0.2, 0.25) is 0 Å². The summed E-state index contributed by atoms with van der Waals surface area (Å²) < 4.78 is 5.82. The van der Waals surface area contributed by atoms with Crippen molar-refractivity contribution in [3.63, 3.8) is 0 Å². The first-order valence-electron chi connectivity index (χ1n) is 7.81. The Morgan fingerprint density at radius 1 is 1.50 bits per heavy atom. The van der Waals surface area contributed by atoms with E-state index in [2.05, 4.69) is 9.98 Å². The van der Waals surface area contributed by atoms with Gasteiger partial charge in [0.1, 0.15) is 5.75 Å². The van der Waals surface area contributed by atoms with Crippen LogP contribution >= 0.6 is 11.3 Å². The fourth-order valence-corrected chi connectivity index (χ4v) is 3.52. The second kappa shape index (κ2) is 7.11. The lowest BCUT2D eigenvalue weighted by Gasteiger charge is -2.08. The van der Waals surface area contributed by atoms with E-state index in [1.807, 2.05) is 32.0 Å². The normalized spacial score (nSPS) is 14.4. The van der Waals surface area contributed by atoms with Crippen LogP contribution in [0.1, 0.15) is 29.3 Å². The molecule has 0 spiro atoms. The summed E-state index contributed by atoms with van der Waals surface area (Å²) in [6.07, 6.45) is 2.02. The van der Waals surface area contributed by atoms with Gasteiger partial charge in [0.15, 0.2) is 10.8 Å². The highest BCUT2D eigenvalue weighted by atomic mass is 32.1. The Morgan fingerprint density at radius 3 is 3.04 bits per heavy atom. The number of hydrogen-bond donors (Lipinski definition) is 2. The highest BCUT2D eigenvalue weighted by Crippen LogP contribution is 2.38. The fraction of sp³-hybridized carbons (Fsp3) is 0.353. The van der Waals surface area contributed by atoms with Crippen LogP contribution in [-0.2, 0) is 13.0 Å². The van der Waals surface area contributed by atoms with Crippen LogP contribution < -0.4 is 10.5 Å². The van der Waals surface area contributed by atoms with Crippen molar-refractivity contribution in [3.8, 4) is 17.0 Å². The van der Waals surface area contributed by atoms with Gasteiger partial charge in [-0.2, -0.15) is 0 Å². The van der Waals surface area contributed by atoms with Gasteiger partial charge in [0, 0.05) is 22.9 Å². The molecule has 0 aliphatic carbocycles. The number of fused-ring (bicyclic) bond motifs is 3. The molecule has 24 heavy (non-hydrogen) atoms. The molecular weight excluding hydrogens is 324 g/mol. The van der Waals surface area contributed by atoms with E-state index in [1.54, 1.807) is 11.3 Å². The number of hydrogen-bond acceptors (Lipinski definition) is 5. The van der Waals surface area contributed by atoms with Crippen LogP contribution in [0.5, 0.6) is 5.75 Å². The molecule has 7 heteroatoms. The molecule has 1 aromatic carbocycles. The number of thiazole rings is 1. The zero-order valence-electron chi connectivity index (χ0n) is 13.7. The molecule has 0 atom stereocenters. The van der Waals surface area contributed by atoms with Crippen LogP contribution in [0.2, 0.25) is 0 Å². The number of benzene rings is 1. The first-order valence-corrected chi connectivity index (χ1v) is 8.63. The molecule has 0 amide bonds. The SMILES string of the molecule is CC(C)N=C(N=CN)c1nc2c(s1)CCOc1cc(CO)ccc1-2. The number of aromatic nitrogens is 1. The molecule has 1 aliphatic heterocycles. The van der Waals surface area contributed by atoms with E-state index in [0.29, 0.717) is 12.4 Å². The van der Waals surface area contributed by atoms with Gasteiger partial charge in [-0.05, 0) is 31.5 Å². The molecule has 0 unspecified atom stereocenters. The van der Waals surface area contributed by atoms with Crippen molar-refractivity contribution >= 4 is 23.5 Å². The van der Waals surface area contributed by atoms with Gasteiger partial charge in [-0.3, -0.25) is 4.99 Å². The fourth-order valence-electron chi connectivity index (χ4n) is 2.52. The van der Waals surface area contributed by atoms with Gasteiger partial charge in [-0.15, -0.1) is 11.3 Å². The molecule has 0 fully saturated rings. The average Bonchev–Trinajstić information content (AvgIpc) is 2.90. The third kappa shape index (κ3) is 3.32. The molecular formula is C17H20N4O2S. The summed E-state index contributed by atoms with van der Waals surface area (Å²) in [7, 11) is 0. The lowest BCUT2D eigenvalue weighted by atomic mass is 10.1. The van der Waals surface area contributed by atoms with Crippen molar-refractivity contribution in [2.45, 2.75) is 32.9 Å². The van der Waals surface area contributed by atoms with Crippen LogP contribution in [0.15, 0.2) is 28.2 Å². The van der Waals surface area contributed by atoms with E-state index in [4.69, 9.17) is 15.5 Å². The standard InChI is InChI=1S/C17H20N4O2S/c1-10(2)20-16(19-9-18)17-21-15-12-4-3-11(8-22)7-13(12)23-6-5-14(15)24-17/h3-4,7,9-10,22H,5-6,8H2,1-2H3,(H2,18,19,20). The maximum absolute atomic E-state index is 9.31. The summed E-state index contributed by atoms with van der Waals surface area (Å²) in [6.45, 7) is 4.55. The number of ether oxygens (including phenoxy) is 1. The van der Waals surface area contributed by atoms with Crippen molar-refractivity contribution < 1.29 is 9.84 Å². The van der Waals surface area contributed by atoms with E-state index in [-0.39, 0.29) is 12.6 Å². The van der Waals surface area contributed by atoms with Crippen molar-refractivity contribution in [2.24, 2.45) is 15.7 Å². The van der Waals surface area contributed by atoms with Crippen molar-refractivity contribution in [1.29, 1.82) is 0 Å². The molecule has 1 aliphatic rings. The van der Waals surface area contributed by atoms with E-state index in [9.17, 15) is 5.11 Å². The maximum atomic E-state index is 9.31. The molecule has 1 aromatic heterocycles. The quantitative estimate of drug-likeness (QED) is 0.660. The van der Waals surface area contributed by atoms with Gasteiger partial charge in [0.25, 0.3) is 0 Å². The number of amidine groups is 1. The van der Waals surface area contributed by atoms with Gasteiger partial charge in [-0.1, -0.05) is 6.07 Å².